The summed E-state index contributed by atoms with van der Waals surface area (Å²) < 4.78 is 4.61. The van der Waals surface area contributed by atoms with Crippen molar-refractivity contribution in [3.8, 4) is 0 Å². The molecule has 1 N–H and O–H groups in total. The van der Waals surface area contributed by atoms with E-state index in [1.165, 1.54) is 7.11 Å². The van der Waals surface area contributed by atoms with E-state index in [4.69, 9.17) is 0 Å². The maximum atomic E-state index is 11.2. The summed E-state index contributed by atoms with van der Waals surface area (Å²) in [7, 11) is 1.35. The number of aliphatic hydroxyl groups excluding tert-OH is 1. The molecule has 74 valence electrons. The molecule has 0 heterocycles. The van der Waals surface area contributed by atoms with Crippen LogP contribution in [0.3, 0.4) is 0 Å². The van der Waals surface area contributed by atoms with Gasteiger partial charge in [0.25, 0.3) is 0 Å². The van der Waals surface area contributed by atoms with Gasteiger partial charge in [-0.1, -0.05) is 6.07 Å². The molecule has 0 aromatic heterocycles. The minimum Gasteiger partial charge on any atom is -0.465 e. The van der Waals surface area contributed by atoms with E-state index >= 15 is 0 Å². The van der Waals surface area contributed by atoms with Crippen molar-refractivity contribution in [1.29, 1.82) is 0 Å². The molecule has 0 amide bonds. The van der Waals surface area contributed by atoms with Crippen molar-refractivity contribution in [2.24, 2.45) is 0 Å². The van der Waals surface area contributed by atoms with E-state index in [0.717, 1.165) is 24.0 Å². The molecule has 2 rings (SSSR count). The highest BCUT2D eigenvalue weighted by Crippen LogP contribution is 2.31. The number of methoxy groups -OCH3 is 1. The van der Waals surface area contributed by atoms with Crippen LogP contribution in [-0.2, 0) is 11.2 Å². The number of hydrogen-bond acceptors (Lipinski definition) is 3. The molecule has 0 saturated carbocycles. The molecule has 1 atom stereocenters. The molecule has 3 heteroatoms. The number of benzene rings is 1. The molecule has 1 aliphatic rings. The molecule has 0 fully saturated rings. The molecular formula is C11H12O3. The Bertz CT molecular complexity index is 371. The normalized spacial score (nSPS) is 19.1. The lowest BCUT2D eigenvalue weighted by atomic mass is 10.1. The van der Waals surface area contributed by atoms with Gasteiger partial charge in [0.1, 0.15) is 0 Å². The van der Waals surface area contributed by atoms with Gasteiger partial charge in [-0.05, 0) is 36.1 Å². The van der Waals surface area contributed by atoms with Crippen LogP contribution in [0, 0.1) is 0 Å². The van der Waals surface area contributed by atoms with Gasteiger partial charge < -0.3 is 9.84 Å². The van der Waals surface area contributed by atoms with E-state index in [2.05, 4.69) is 4.74 Å². The number of fused-ring (bicyclic) bond motifs is 1. The number of carbonyl (C=O) groups is 1. The number of ether oxygens (including phenoxy) is 1. The zero-order chi connectivity index (χ0) is 10.1. The molecule has 0 radical (unpaired) electrons. The quantitative estimate of drug-likeness (QED) is 0.685. The Hall–Kier alpha value is -1.35. The molecule has 14 heavy (non-hydrogen) atoms. The fraction of sp³-hybridized carbons (Fsp3) is 0.364. The topological polar surface area (TPSA) is 46.5 Å². The minimum atomic E-state index is -0.422. The Kier molecular flexibility index (Phi) is 2.25. The smallest absolute Gasteiger partial charge is 0.337 e. The highest BCUT2D eigenvalue weighted by atomic mass is 16.5. The standard InChI is InChI=1S/C11H12O3/c1-14-11(13)8-3-2-7-4-5-10(12)9(7)6-8/h2-3,6,10,12H,4-5H2,1H3/t10-/m0/s1. The van der Waals surface area contributed by atoms with Gasteiger partial charge in [0.2, 0.25) is 0 Å². The van der Waals surface area contributed by atoms with Crippen molar-refractivity contribution in [3.05, 3.63) is 34.9 Å². The molecule has 0 aliphatic heterocycles. The third-order valence-electron chi connectivity index (χ3n) is 2.61. The molecule has 0 unspecified atom stereocenters. The second-order valence-corrected chi connectivity index (χ2v) is 3.46. The third kappa shape index (κ3) is 1.40. The predicted molar refractivity (Wildman–Crippen MR) is 51.1 cm³/mol. The van der Waals surface area contributed by atoms with Crippen LogP contribution in [0.25, 0.3) is 0 Å². The highest BCUT2D eigenvalue weighted by molar-refractivity contribution is 5.89. The first kappa shape index (κ1) is 9.21. The maximum absolute atomic E-state index is 11.2. The van der Waals surface area contributed by atoms with Crippen molar-refractivity contribution in [3.63, 3.8) is 0 Å². The Labute approximate surface area is 82.3 Å². The summed E-state index contributed by atoms with van der Waals surface area (Å²) in [5.74, 6) is -0.355. The zero-order valence-electron chi connectivity index (χ0n) is 7.99. The predicted octanol–water partition coefficient (Wildman–Crippen LogP) is 1.45. The molecular weight excluding hydrogens is 180 g/mol. The van der Waals surface area contributed by atoms with Crippen molar-refractivity contribution in [2.45, 2.75) is 18.9 Å². The summed E-state index contributed by atoms with van der Waals surface area (Å²) in [4.78, 5) is 11.2. The first-order chi connectivity index (χ1) is 6.72. The number of carbonyl (C=O) groups excluding carboxylic acids is 1. The average Bonchev–Trinajstić information content (AvgIpc) is 2.59. The van der Waals surface area contributed by atoms with Crippen LogP contribution < -0.4 is 0 Å². The number of hydrogen-bond donors (Lipinski definition) is 1. The van der Waals surface area contributed by atoms with Gasteiger partial charge in [0.15, 0.2) is 0 Å². The molecule has 3 nitrogen and oxygen atoms in total. The van der Waals surface area contributed by atoms with Crippen molar-refractivity contribution in [1.82, 2.24) is 0 Å². The van der Waals surface area contributed by atoms with Gasteiger partial charge in [0, 0.05) is 0 Å². The summed E-state index contributed by atoms with van der Waals surface area (Å²) >= 11 is 0. The molecule has 0 bridgehead atoms. The summed E-state index contributed by atoms with van der Waals surface area (Å²) in [5.41, 5.74) is 2.50. The Morgan fingerprint density at radius 3 is 3.07 bits per heavy atom. The monoisotopic (exact) mass is 192 g/mol. The van der Waals surface area contributed by atoms with Gasteiger partial charge in [-0.15, -0.1) is 0 Å². The maximum Gasteiger partial charge on any atom is 0.337 e. The van der Waals surface area contributed by atoms with E-state index in [-0.39, 0.29) is 5.97 Å². The highest BCUT2D eigenvalue weighted by Gasteiger charge is 2.21. The summed E-state index contributed by atoms with van der Waals surface area (Å²) in [5, 5.41) is 9.61. The van der Waals surface area contributed by atoms with E-state index in [0.29, 0.717) is 5.56 Å². The van der Waals surface area contributed by atoms with Gasteiger partial charge in [-0.2, -0.15) is 0 Å². The molecule has 1 aromatic rings. The van der Waals surface area contributed by atoms with Crippen LogP contribution in [0.5, 0.6) is 0 Å². The first-order valence-corrected chi connectivity index (χ1v) is 4.61. The van der Waals surface area contributed by atoms with E-state index < -0.39 is 6.10 Å². The lowest BCUT2D eigenvalue weighted by Crippen LogP contribution is -2.02. The molecule has 1 aliphatic carbocycles. The number of aryl methyl sites for hydroxylation is 1. The second-order valence-electron chi connectivity index (χ2n) is 3.46. The van der Waals surface area contributed by atoms with E-state index in [9.17, 15) is 9.90 Å². The van der Waals surface area contributed by atoms with Crippen LogP contribution in [0.1, 0.15) is 34.0 Å². The summed E-state index contributed by atoms with van der Waals surface area (Å²) in [6.45, 7) is 0. The zero-order valence-corrected chi connectivity index (χ0v) is 7.99. The number of rotatable bonds is 1. The fourth-order valence-electron chi connectivity index (χ4n) is 1.83. The van der Waals surface area contributed by atoms with Gasteiger partial charge in [-0.25, -0.2) is 4.79 Å². The first-order valence-electron chi connectivity index (χ1n) is 4.61. The lowest BCUT2D eigenvalue weighted by molar-refractivity contribution is 0.0600. The van der Waals surface area contributed by atoms with Crippen molar-refractivity contribution >= 4 is 5.97 Å². The Balaban J connectivity index is 2.39. The fourth-order valence-corrected chi connectivity index (χ4v) is 1.83. The largest absolute Gasteiger partial charge is 0.465 e. The number of esters is 1. The van der Waals surface area contributed by atoms with Crippen LogP contribution in [0.2, 0.25) is 0 Å². The van der Waals surface area contributed by atoms with Gasteiger partial charge >= 0.3 is 5.97 Å². The Morgan fingerprint density at radius 2 is 2.36 bits per heavy atom. The van der Waals surface area contributed by atoms with E-state index in [1.54, 1.807) is 12.1 Å². The average molecular weight is 192 g/mol. The minimum absolute atomic E-state index is 0.355. The molecule has 0 spiro atoms. The van der Waals surface area contributed by atoms with Crippen LogP contribution in [0.15, 0.2) is 18.2 Å². The second kappa shape index (κ2) is 3.42. The van der Waals surface area contributed by atoms with Gasteiger partial charge in [0.05, 0.1) is 18.8 Å². The van der Waals surface area contributed by atoms with E-state index in [1.807, 2.05) is 6.07 Å². The summed E-state index contributed by atoms with van der Waals surface area (Å²) in [6.07, 6.45) is 1.22. The van der Waals surface area contributed by atoms with Crippen LogP contribution in [-0.4, -0.2) is 18.2 Å². The Morgan fingerprint density at radius 1 is 1.57 bits per heavy atom. The van der Waals surface area contributed by atoms with Crippen LogP contribution in [0.4, 0.5) is 0 Å². The van der Waals surface area contributed by atoms with Crippen molar-refractivity contribution < 1.29 is 14.6 Å². The number of aliphatic hydroxyl groups is 1. The van der Waals surface area contributed by atoms with Crippen LogP contribution >= 0.6 is 0 Å². The third-order valence-corrected chi connectivity index (χ3v) is 2.61. The summed E-state index contributed by atoms with van der Waals surface area (Å²) in [6, 6.07) is 5.35. The van der Waals surface area contributed by atoms with Crippen molar-refractivity contribution in [2.75, 3.05) is 7.11 Å². The van der Waals surface area contributed by atoms with Gasteiger partial charge in [-0.3, -0.25) is 0 Å². The SMILES string of the molecule is COC(=O)c1ccc2c(c1)[C@@H](O)CC2. The molecule has 1 aromatic carbocycles. The lowest BCUT2D eigenvalue weighted by Gasteiger charge is -2.05. The molecule has 0 saturated heterocycles.